The summed E-state index contributed by atoms with van der Waals surface area (Å²) in [4.78, 5) is 2.36. The molecule has 2 nitrogen and oxygen atoms in total. The zero-order valence-electron chi connectivity index (χ0n) is 35.2. The second-order valence-electron chi connectivity index (χ2n) is 17.3. The van der Waals surface area contributed by atoms with E-state index in [0.717, 1.165) is 39.0 Å². The molecule has 12 rings (SSSR count). The average molecular weight is 806 g/mol. The summed E-state index contributed by atoms with van der Waals surface area (Å²) >= 11 is 0. The number of rotatable bonds is 7. The molecule has 0 unspecified atom stereocenters. The minimum absolute atomic E-state index is 0.0957. The van der Waals surface area contributed by atoms with E-state index in [0.29, 0.717) is 0 Å². The molecule has 0 bridgehead atoms. The van der Waals surface area contributed by atoms with Gasteiger partial charge in [-0.05, 0) is 138 Å². The molecular weight excluding hydrogens is 763 g/mol. The fourth-order valence-electron chi connectivity index (χ4n) is 10.1. The Morgan fingerprint density at radius 2 is 0.857 bits per heavy atom. The quantitative estimate of drug-likeness (QED) is 0.160. The molecule has 2 heteroatoms. The third kappa shape index (κ3) is 6.25. The van der Waals surface area contributed by atoms with Crippen molar-refractivity contribution in [2.45, 2.75) is 19.3 Å². The van der Waals surface area contributed by atoms with Crippen LogP contribution < -0.4 is 4.90 Å². The Morgan fingerprint density at radius 3 is 1.63 bits per heavy atom. The van der Waals surface area contributed by atoms with Crippen molar-refractivity contribution in [3.63, 3.8) is 0 Å². The third-order valence-corrected chi connectivity index (χ3v) is 13.3. The first-order chi connectivity index (χ1) is 31.0. The Labute approximate surface area is 368 Å². The van der Waals surface area contributed by atoms with Crippen LogP contribution >= 0.6 is 0 Å². The Morgan fingerprint density at radius 1 is 0.333 bits per heavy atom. The number of furan rings is 1. The highest BCUT2D eigenvalue weighted by molar-refractivity contribution is 6.06. The number of hydrogen-bond donors (Lipinski definition) is 0. The van der Waals surface area contributed by atoms with Crippen molar-refractivity contribution in [2.75, 3.05) is 4.90 Å². The lowest BCUT2D eigenvalue weighted by atomic mass is 9.79. The maximum Gasteiger partial charge on any atom is 0.135 e. The lowest BCUT2D eigenvalue weighted by Gasteiger charge is -2.27. The van der Waals surface area contributed by atoms with Gasteiger partial charge in [0.2, 0.25) is 0 Å². The topological polar surface area (TPSA) is 16.4 Å². The minimum Gasteiger partial charge on any atom is -0.456 e. The zero-order chi connectivity index (χ0) is 42.1. The normalized spacial score (nSPS) is 12.7. The van der Waals surface area contributed by atoms with Crippen molar-refractivity contribution in [2.24, 2.45) is 0 Å². The Hall–Kier alpha value is -7.94. The first kappa shape index (κ1) is 36.9. The molecule has 0 radical (unpaired) electrons. The summed E-state index contributed by atoms with van der Waals surface area (Å²) in [5.41, 5.74) is 20.1. The summed E-state index contributed by atoms with van der Waals surface area (Å²) in [6, 6.07) is 81.6. The number of para-hydroxylation sites is 1. The van der Waals surface area contributed by atoms with E-state index in [1.165, 1.54) is 77.5 Å². The van der Waals surface area contributed by atoms with Gasteiger partial charge in [-0.2, -0.15) is 0 Å². The van der Waals surface area contributed by atoms with Gasteiger partial charge in [-0.3, -0.25) is 0 Å². The van der Waals surface area contributed by atoms with Gasteiger partial charge in [-0.15, -0.1) is 0 Å². The number of benzene rings is 10. The molecular formula is C61H43NO. The molecule has 11 aromatic rings. The van der Waals surface area contributed by atoms with E-state index in [1.807, 2.05) is 12.1 Å². The van der Waals surface area contributed by atoms with Crippen molar-refractivity contribution in [3.8, 4) is 55.6 Å². The molecule has 0 saturated carbocycles. The van der Waals surface area contributed by atoms with Crippen molar-refractivity contribution >= 4 is 49.8 Å². The first-order valence-electron chi connectivity index (χ1n) is 21.8. The summed E-state index contributed by atoms with van der Waals surface area (Å²) in [6.45, 7) is 4.72. The lowest BCUT2D eigenvalue weighted by Crippen LogP contribution is -2.16. The average Bonchev–Trinajstić information content (AvgIpc) is 3.83. The van der Waals surface area contributed by atoms with Gasteiger partial charge in [0.15, 0.2) is 0 Å². The molecule has 0 spiro atoms. The van der Waals surface area contributed by atoms with Crippen molar-refractivity contribution in [1.82, 2.24) is 0 Å². The molecule has 0 aliphatic heterocycles. The van der Waals surface area contributed by atoms with Gasteiger partial charge in [0, 0.05) is 33.2 Å². The van der Waals surface area contributed by atoms with Crippen LogP contribution in [-0.2, 0) is 5.41 Å². The maximum atomic E-state index is 6.26. The van der Waals surface area contributed by atoms with Crippen LogP contribution in [0.1, 0.15) is 25.0 Å². The third-order valence-electron chi connectivity index (χ3n) is 13.3. The molecule has 298 valence electrons. The van der Waals surface area contributed by atoms with Crippen LogP contribution in [-0.4, -0.2) is 0 Å². The molecule has 0 atom stereocenters. The van der Waals surface area contributed by atoms with Crippen LogP contribution in [0.4, 0.5) is 17.1 Å². The first-order valence-corrected chi connectivity index (χ1v) is 21.8. The van der Waals surface area contributed by atoms with Gasteiger partial charge in [0.05, 0.1) is 0 Å². The van der Waals surface area contributed by atoms with Gasteiger partial charge < -0.3 is 9.32 Å². The van der Waals surface area contributed by atoms with E-state index in [1.54, 1.807) is 0 Å². The summed E-state index contributed by atoms with van der Waals surface area (Å²) in [5, 5.41) is 4.73. The zero-order valence-corrected chi connectivity index (χ0v) is 35.2. The number of hydrogen-bond acceptors (Lipinski definition) is 2. The summed E-state index contributed by atoms with van der Waals surface area (Å²) < 4.78 is 6.26. The number of fused-ring (bicyclic) bond motifs is 7. The van der Waals surface area contributed by atoms with Gasteiger partial charge >= 0.3 is 0 Å². The molecule has 0 saturated heterocycles. The molecule has 1 aliphatic rings. The highest BCUT2D eigenvalue weighted by Gasteiger charge is 2.37. The molecule has 10 aromatic carbocycles. The van der Waals surface area contributed by atoms with E-state index in [-0.39, 0.29) is 5.41 Å². The largest absolute Gasteiger partial charge is 0.456 e. The SMILES string of the molecule is CC1(C)c2ccccc2-c2cccc(-c3ccc(N(c4ccc(-c5ccc(-c6cccc(-c7ccc8ccccc8c7)c6)cc5)cc4)c4ccc5oc6ccccc6c5c4)cc3)c21. The second-order valence-corrected chi connectivity index (χ2v) is 17.3. The molecule has 1 heterocycles. The Balaban J connectivity index is 0.883. The van der Waals surface area contributed by atoms with E-state index >= 15 is 0 Å². The standard InChI is InChI=1S/C61H43NO/c1-61(2)57-19-7-5-15-53(57)55-18-10-17-52(60(55)61)44-29-33-50(34-30-44)62(51-35-36-59-56(39-51)54-16-6-8-20-58(54)63-59)49-31-27-42(28-32-49)41-21-23-43(24-22-41)46-13-9-14-47(37-46)48-26-25-40-11-3-4-12-45(40)38-48/h3-39H,1-2H3. The highest BCUT2D eigenvalue weighted by atomic mass is 16.3. The lowest BCUT2D eigenvalue weighted by molar-refractivity contribution is 0.662. The molecule has 1 aliphatic carbocycles. The monoisotopic (exact) mass is 805 g/mol. The Kier molecular flexibility index (Phi) is 8.55. The predicted octanol–water partition coefficient (Wildman–Crippen LogP) is 17.2. The highest BCUT2D eigenvalue weighted by Crippen LogP contribution is 2.52. The van der Waals surface area contributed by atoms with E-state index in [9.17, 15) is 0 Å². The summed E-state index contributed by atoms with van der Waals surface area (Å²) in [6.07, 6.45) is 0. The molecule has 1 aromatic heterocycles. The summed E-state index contributed by atoms with van der Waals surface area (Å²) in [7, 11) is 0. The number of nitrogens with zero attached hydrogens (tertiary/aromatic N) is 1. The number of anilines is 3. The maximum absolute atomic E-state index is 6.26. The fourth-order valence-corrected chi connectivity index (χ4v) is 10.1. The van der Waals surface area contributed by atoms with Gasteiger partial charge in [0.25, 0.3) is 0 Å². The molecule has 0 fully saturated rings. The molecule has 63 heavy (non-hydrogen) atoms. The van der Waals surface area contributed by atoms with E-state index in [2.05, 4.69) is 231 Å². The van der Waals surface area contributed by atoms with E-state index < -0.39 is 0 Å². The fraction of sp³-hybridized carbons (Fsp3) is 0.0492. The second kappa shape index (κ2) is 14.6. The van der Waals surface area contributed by atoms with Crippen molar-refractivity contribution in [1.29, 1.82) is 0 Å². The van der Waals surface area contributed by atoms with Crippen molar-refractivity contribution < 1.29 is 4.42 Å². The van der Waals surface area contributed by atoms with Crippen LogP contribution in [0.3, 0.4) is 0 Å². The van der Waals surface area contributed by atoms with Crippen molar-refractivity contribution in [3.05, 3.63) is 236 Å². The van der Waals surface area contributed by atoms with Gasteiger partial charge in [-0.1, -0.05) is 178 Å². The Bertz CT molecular complexity index is 3520. The van der Waals surface area contributed by atoms with Crippen LogP contribution in [0.5, 0.6) is 0 Å². The predicted molar refractivity (Wildman–Crippen MR) is 265 cm³/mol. The van der Waals surface area contributed by atoms with Gasteiger partial charge in [-0.25, -0.2) is 0 Å². The van der Waals surface area contributed by atoms with Crippen LogP contribution in [0, 0.1) is 0 Å². The smallest absolute Gasteiger partial charge is 0.135 e. The van der Waals surface area contributed by atoms with Gasteiger partial charge in [0.1, 0.15) is 11.2 Å². The molecule has 0 amide bonds. The molecule has 0 N–H and O–H groups in total. The van der Waals surface area contributed by atoms with E-state index in [4.69, 9.17) is 4.42 Å². The van der Waals surface area contributed by atoms with Crippen LogP contribution in [0.25, 0.3) is 88.3 Å². The minimum atomic E-state index is -0.0957. The summed E-state index contributed by atoms with van der Waals surface area (Å²) in [5.74, 6) is 0. The van der Waals surface area contributed by atoms with Crippen LogP contribution in [0.15, 0.2) is 229 Å². The van der Waals surface area contributed by atoms with Crippen LogP contribution in [0.2, 0.25) is 0 Å².